The second-order valence-electron chi connectivity index (χ2n) is 5.09. The molecule has 0 heterocycles. The van der Waals surface area contributed by atoms with Crippen molar-refractivity contribution in [1.82, 2.24) is 0 Å². The second kappa shape index (κ2) is 5.85. The number of carboxylic acid groups (broad SMARTS) is 1. The van der Waals surface area contributed by atoms with Crippen LogP contribution in [0.5, 0.6) is 0 Å². The van der Waals surface area contributed by atoms with Gasteiger partial charge in [-0.3, -0.25) is 4.79 Å². The molecular weight excluding hydrogens is 212 g/mol. The lowest BCUT2D eigenvalue weighted by Crippen LogP contribution is -2.24. The molecule has 1 aromatic carbocycles. The average Bonchev–Trinajstić information content (AvgIpc) is 2.32. The van der Waals surface area contributed by atoms with E-state index in [2.05, 4.69) is 24.3 Å². The van der Waals surface area contributed by atoms with Gasteiger partial charge in [0.2, 0.25) is 0 Å². The van der Waals surface area contributed by atoms with Crippen molar-refractivity contribution >= 4 is 5.97 Å². The minimum atomic E-state index is -0.644. The summed E-state index contributed by atoms with van der Waals surface area (Å²) >= 11 is 0. The van der Waals surface area contributed by atoms with Gasteiger partial charge in [0.25, 0.3) is 0 Å². The highest BCUT2D eigenvalue weighted by atomic mass is 16.4. The Hall–Kier alpha value is -1.31. The summed E-state index contributed by atoms with van der Waals surface area (Å²) in [5.41, 5.74) is 1.34. The first-order chi connectivity index (χ1) is 8.25. The highest BCUT2D eigenvalue weighted by Gasteiger charge is 2.26. The quantitative estimate of drug-likeness (QED) is 0.862. The predicted octanol–water partition coefficient (Wildman–Crippen LogP) is 3.51. The van der Waals surface area contributed by atoms with Gasteiger partial charge in [0, 0.05) is 6.42 Å². The molecular formula is C15H20O2. The summed E-state index contributed by atoms with van der Waals surface area (Å²) in [7, 11) is 0. The summed E-state index contributed by atoms with van der Waals surface area (Å²) in [6.45, 7) is 0. The molecule has 2 nitrogen and oxygen atoms in total. The minimum absolute atomic E-state index is 0.345. The summed E-state index contributed by atoms with van der Waals surface area (Å²) in [4.78, 5) is 10.9. The monoisotopic (exact) mass is 232 g/mol. The summed E-state index contributed by atoms with van der Waals surface area (Å²) in [6, 6.07) is 10.4. The third-order valence-electron chi connectivity index (χ3n) is 3.84. The van der Waals surface area contributed by atoms with E-state index in [0.29, 0.717) is 18.3 Å². The largest absolute Gasteiger partial charge is 0.481 e. The van der Waals surface area contributed by atoms with Crippen molar-refractivity contribution in [2.45, 2.75) is 38.5 Å². The van der Waals surface area contributed by atoms with Crippen LogP contribution in [0.3, 0.4) is 0 Å². The molecule has 0 aliphatic heterocycles. The Morgan fingerprint density at radius 2 is 1.76 bits per heavy atom. The van der Waals surface area contributed by atoms with E-state index < -0.39 is 5.97 Å². The van der Waals surface area contributed by atoms with E-state index in [4.69, 9.17) is 5.11 Å². The first-order valence-corrected chi connectivity index (χ1v) is 6.51. The number of aliphatic carboxylic acids is 1. The maximum absolute atomic E-state index is 10.9. The van der Waals surface area contributed by atoms with Crippen molar-refractivity contribution in [3.05, 3.63) is 35.9 Å². The van der Waals surface area contributed by atoms with Crippen molar-refractivity contribution < 1.29 is 9.90 Å². The molecule has 17 heavy (non-hydrogen) atoms. The predicted molar refractivity (Wildman–Crippen MR) is 67.8 cm³/mol. The van der Waals surface area contributed by atoms with Crippen molar-refractivity contribution in [2.75, 3.05) is 0 Å². The lowest BCUT2D eigenvalue weighted by Gasteiger charge is -2.30. The Labute approximate surface area is 103 Å². The number of carbonyl (C=O) groups is 1. The van der Waals surface area contributed by atoms with Gasteiger partial charge in [-0.25, -0.2) is 0 Å². The van der Waals surface area contributed by atoms with Gasteiger partial charge in [-0.2, -0.15) is 0 Å². The van der Waals surface area contributed by atoms with Crippen LogP contribution in [-0.2, 0) is 11.2 Å². The molecule has 0 amide bonds. The van der Waals surface area contributed by atoms with Gasteiger partial charge < -0.3 is 5.11 Å². The van der Waals surface area contributed by atoms with E-state index in [-0.39, 0.29) is 0 Å². The van der Waals surface area contributed by atoms with Crippen LogP contribution in [0.1, 0.15) is 37.7 Å². The van der Waals surface area contributed by atoms with Crippen LogP contribution in [0.4, 0.5) is 0 Å². The number of benzene rings is 1. The fourth-order valence-corrected chi connectivity index (χ4v) is 2.96. The molecule has 1 N–H and O–H groups in total. The van der Waals surface area contributed by atoms with E-state index >= 15 is 0 Å². The lowest BCUT2D eigenvalue weighted by atomic mass is 9.75. The van der Waals surface area contributed by atoms with Gasteiger partial charge in [-0.1, -0.05) is 43.2 Å². The Morgan fingerprint density at radius 1 is 1.12 bits per heavy atom. The Morgan fingerprint density at radius 3 is 2.41 bits per heavy atom. The van der Waals surface area contributed by atoms with Gasteiger partial charge >= 0.3 is 5.97 Å². The molecule has 1 fully saturated rings. The highest BCUT2D eigenvalue weighted by molar-refractivity contribution is 5.67. The van der Waals surface area contributed by atoms with Crippen LogP contribution < -0.4 is 0 Å². The van der Waals surface area contributed by atoms with E-state index in [1.54, 1.807) is 0 Å². The number of hydrogen-bond acceptors (Lipinski definition) is 1. The Bertz CT molecular complexity index is 358. The lowest BCUT2D eigenvalue weighted by molar-refractivity contribution is -0.138. The highest BCUT2D eigenvalue weighted by Crippen LogP contribution is 2.34. The summed E-state index contributed by atoms with van der Waals surface area (Å²) in [6.07, 6.45) is 6.11. The van der Waals surface area contributed by atoms with Crippen molar-refractivity contribution in [2.24, 2.45) is 11.8 Å². The molecule has 0 spiro atoms. The summed E-state index contributed by atoms with van der Waals surface area (Å²) in [5, 5.41) is 8.95. The van der Waals surface area contributed by atoms with Crippen LogP contribution in [0, 0.1) is 11.8 Å². The van der Waals surface area contributed by atoms with Crippen molar-refractivity contribution in [3.8, 4) is 0 Å². The van der Waals surface area contributed by atoms with Crippen LogP contribution in [0.15, 0.2) is 30.3 Å². The second-order valence-corrected chi connectivity index (χ2v) is 5.09. The van der Waals surface area contributed by atoms with Crippen molar-refractivity contribution in [1.29, 1.82) is 0 Å². The maximum Gasteiger partial charge on any atom is 0.303 e. The number of rotatable bonds is 4. The number of hydrogen-bond donors (Lipinski definition) is 1. The average molecular weight is 232 g/mol. The van der Waals surface area contributed by atoms with Gasteiger partial charge in [-0.15, -0.1) is 0 Å². The maximum atomic E-state index is 10.9. The molecule has 2 rings (SSSR count). The molecule has 2 atom stereocenters. The van der Waals surface area contributed by atoms with Crippen LogP contribution >= 0.6 is 0 Å². The molecule has 1 aliphatic rings. The molecule has 1 aliphatic carbocycles. The van der Waals surface area contributed by atoms with E-state index in [9.17, 15) is 4.79 Å². The topological polar surface area (TPSA) is 37.3 Å². The minimum Gasteiger partial charge on any atom is -0.481 e. The zero-order valence-corrected chi connectivity index (χ0v) is 10.1. The Kier molecular flexibility index (Phi) is 4.18. The molecule has 92 valence electrons. The molecule has 0 radical (unpaired) electrons. The molecule has 0 aromatic heterocycles. The van der Waals surface area contributed by atoms with Gasteiger partial charge in [0.15, 0.2) is 0 Å². The van der Waals surface area contributed by atoms with Crippen molar-refractivity contribution in [3.63, 3.8) is 0 Å². The molecule has 1 aromatic rings. The van der Waals surface area contributed by atoms with E-state index in [1.807, 2.05) is 6.07 Å². The fourth-order valence-electron chi connectivity index (χ4n) is 2.96. The standard InChI is InChI=1S/C15H20O2/c16-15(17)11-14-9-5-4-8-13(14)10-12-6-2-1-3-7-12/h1-3,6-7,13-14H,4-5,8-11H2,(H,16,17)/t13-,14-/m1/s1. The summed E-state index contributed by atoms with van der Waals surface area (Å²) < 4.78 is 0. The third kappa shape index (κ3) is 3.58. The van der Waals surface area contributed by atoms with E-state index in [1.165, 1.54) is 24.8 Å². The van der Waals surface area contributed by atoms with Crippen LogP contribution in [0.25, 0.3) is 0 Å². The fraction of sp³-hybridized carbons (Fsp3) is 0.533. The third-order valence-corrected chi connectivity index (χ3v) is 3.84. The smallest absolute Gasteiger partial charge is 0.303 e. The normalized spacial score (nSPS) is 24.5. The molecule has 1 saturated carbocycles. The molecule has 0 unspecified atom stereocenters. The molecule has 0 bridgehead atoms. The Balaban J connectivity index is 1.99. The van der Waals surface area contributed by atoms with Gasteiger partial charge in [0.05, 0.1) is 0 Å². The summed E-state index contributed by atoms with van der Waals surface area (Å²) in [5.74, 6) is 0.290. The van der Waals surface area contributed by atoms with Gasteiger partial charge in [-0.05, 0) is 36.7 Å². The van der Waals surface area contributed by atoms with Gasteiger partial charge in [0.1, 0.15) is 0 Å². The SMILES string of the molecule is O=C(O)C[C@H]1CCCC[C@@H]1Cc1ccccc1. The zero-order chi connectivity index (χ0) is 12.1. The zero-order valence-electron chi connectivity index (χ0n) is 10.1. The molecule has 2 heteroatoms. The molecule has 0 saturated heterocycles. The van der Waals surface area contributed by atoms with E-state index in [0.717, 1.165) is 12.8 Å². The number of carboxylic acids is 1. The first-order valence-electron chi connectivity index (χ1n) is 6.51. The first kappa shape index (κ1) is 12.2. The van der Waals surface area contributed by atoms with Crippen LogP contribution in [-0.4, -0.2) is 11.1 Å². The van der Waals surface area contributed by atoms with Crippen LogP contribution in [0.2, 0.25) is 0 Å².